The summed E-state index contributed by atoms with van der Waals surface area (Å²) in [6.07, 6.45) is 2.98. The number of esters is 1. The van der Waals surface area contributed by atoms with Crippen LogP contribution in [0, 0.1) is 11.3 Å². The first-order valence-corrected chi connectivity index (χ1v) is 10.4. The van der Waals surface area contributed by atoms with E-state index < -0.39 is 0 Å². The highest BCUT2D eigenvalue weighted by Crippen LogP contribution is 2.44. The first-order chi connectivity index (χ1) is 12.8. The molecule has 0 aliphatic heterocycles. The molecule has 27 heavy (non-hydrogen) atoms. The van der Waals surface area contributed by atoms with Gasteiger partial charge in [0.05, 0.1) is 12.7 Å². The molecule has 0 radical (unpaired) electrons. The van der Waals surface area contributed by atoms with Crippen molar-refractivity contribution in [2.45, 2.75) is 40.0 Å². The van der Waals surface area contributed by atoms with Crippen LogP contribution >= 0.6 is 23.6 Å². The van der Waals surface area contributed by atoms with Gasteiger partial charge < -0.3 is 15.4 Å². The summed E-state index contributed by atoms with van der Waals surface area (Å²) in [6.45, 7) is 6.86. The Kier molecular flexibility index (Phi) is 5.86. The molecule has 2 aromatic rings. The standard InChI is InChI=1S/C21H26N2O2S2/c1-21(2,3)13-10-11-15-16(12-13)27-18(17(15)19(24)25-4)23-20(26)22-14-8-6-5-7-9-14/h5-9,13H,10-12H2,1-4H3,(H2,22,23,26). The zero-order chi connectivity index (χ0) is 19.6. The third-order valence-corrected chi connectivity index (χ3v) is 6.51. The van der Waals surface area contributed by atoms with Crippen molar-refractivity contribution in [3.8, 4) is 0 Å². The van der Waals surface area contributed by atoms with Crippen LogP contribution < -0.4 is 10.6 Å². The van der Waals surface area contributed by atoms with E-state index in [2.05, 4.69) is 31.4 Å². The fourth-order valence-corrected chi connectivity index (χ4v) is 5.12. The molecule has 3 rings (SSSR count). The molecule has 0 saturated carbocycles. The van der Waals surface area contributed by atoms with E-state index in [9.17, 15) is 4.79 Å². The number of rotatable bonds is 3. The van der Waals surface area contributed by atoms with Gasteiger partial charge in [-0.1, -0.05) is 39.0 Å². The predicted molar refractivity (Wildman–Crippen MR) is 117 cm³/mol. The number of benzene rings is 1. The largest absolute Gasteiger partial charge is 0.465 e. The number of methoxy groups -OCH3 is 1. The zero-order valence-electron chi connectivity index (χ0n) is 16.2. The number of thiocarbonyl (C=S) groups is 1. The van der Waals surface area contributed by atoms with E-state index in [4.69, 9.17) is 17.0 Å². The van der Waals surface area contributed by atoms with Crippen molar-refractivity contribution in [3.63, 3.8) is 0 Å². The minimum atomic E-state index is -0.299. The summed E-state index contributed by atoms with van der Waals surface area (Å²) in [5.74, 6) is 0.308. The van der Waals surface area contributed by atoms with Crippen LogP contribution in [0.15, 0.2) is 30.3 Å². The van der Waals surface area contributed by atoms with Gasteiger partial charge in [-0.25, -0.2) is 4.79 Å². The zero-order valence-corrected chi connectivity index (χ0v) is 17.9. The molecule has 0 bridgehead atoms. The summed E-state index contributed by atoms with van der Waals surface area (Å²) in [4.78, 5) is 13.7. The van der Waals surface area contributed by atoms with E-state index in [1.54, 1.807) is 11.3 Å². The van der Waals surface area contributed by atoms with Crippen LogP contribution in [0.4, 0.5) is 10.7 Å². The number of carbonyl (C=O) groups is 1. The molecule has 4 nitrogen and oxygen atoms in total. The van der Waals surface area contributed by atoms with Crippen molar-refractivity contribution < 1.29 is 9.53 Å². The van der Waals surface area contributed by atoms with Gasteiger partial charge in [0.2, 0.25) is 0 Å². The maximum atomic E-state index is 12.5. The number of nitrogens with one attached hydrogen (secondary N) is 2. The van der Waals surface area contributed by atoms with Crippen molar-refractivity contribution in [1.29, 1.82) is 0 Å². The predicted octanol–water partition coefficient (Wildman–Crippen LogP) is 5.49. The monoisotopic (exact) mass is 402 g/mol. The molecule has 144 valence electrons. The SMILES string of the molecule is COC(=O)c1c(NC(=S)Nc2ccccc2)sc2c1CCC(C(C)(C)C)C2. The summed E-state index contributed by atoms with van der Waals surface area (Å²) in [5.41, 5.74) is 2.92. The van der Waals surface area contributed by atoms with Gasteiger partial charge >= 0.3 is 5.97 Å². The lowest BCUT2D eigenvalue weighted by Gasteiger charge is -2.33. The Balaban J connectivity index is 1.85. The van der Waals surface area contributed by atoms with Crippen molar-refractivity contribution in [1.82, 2.24) is 0 Å². The summed E-state index contributed by atoms with van der Waals surface area (Å²) in [6, 6.07) is 9.74. The number of hydrogen-bond donors (Lipinski definition) is 2. The van der Waals surface area contributed by atoms with Gasteiger partial charge in [0, 0.05) is 10.6 Å². The van der Waals surface area contributed by atoms with E-state index in [0.29, 0.717) is 16.6 Å². The van der Waals surface area contributed by atoms with Gasteiger partial charge in [0.1, 0.15) is 5.00 Å². The Morgan fingerprint density at radius 2 is 1.93 bits per heavy atom. The lowest BCUT2D eigenvalue weighted by atomic mass is 9.72. The molecule has 0 saturated heterocycles. The van der Waals surface area contributed by atoms with E-state index in [-0.39, 0.29) is 11.4 Å². The molecule has 0 spiro atoms. The summed E-state index contributed by atoms with van der Waals surface area (Å²) >= 11 is 7.08. The molecule has 1 aromatic carbocycles. The minimum Gasteiger partial charge on any atom is -0.465 e. The van der Waals surface area contributed by atoms with Gasteiger partial charge in [-0.15, -0.1) is 11.3 Å². The number of carbonyl (C=O) groups excluding carboxylic acids is 1. The highest BCUT2D eigenvalue weighted by molar-refractivity contribution is 7.80. The van der Waals surface area contributed by atoms with Crippen LogP contribution in [-0.2, 0) is 17.6 Å². The van der Waals surface area contributed by atoms with Crippen LogP contribution in [0.5, 0.6) is 0 Å². The van der Waals surface area contributed by atoms with Crippen LogP contribution in [0.3, 0.4) is 0 Å². The smallest absolute Gasteiger partial charge is 0.341 e. The summed E-state index contributed by atoms with van der Waals surface area (Å²) < 4.78 is 5.06. The quantitative estimate of drug-likeness (QED) is 0.525. The molecule has 1 atom stereocenters. The topological polar surface area (TPSA) is 50.4 Å². The number of ether oxygens (including phenoxy) is 1. The molecule has 0 amide bonds. The molecule has 0 fully saturated rings. The average Bonchev–Trinajstić information content (AvgIpc) is 2.97. The Hall–Kier alpha value is -1.92. The fourth-order valence-electron chi connectivity index (χ4n) is 3.52. The highest BCUT2D eigenvalue weighted by Gasteiger charge is 2.34. The van der Waals surface area contributed by atoms with Crippen LogP contribution in [-0.4, -0.2) is 18.2 Å². The van der Waals surface area contributed by atoms with Gasteiger partial charge in [0.15, 0.2) is 5.11 Å². The summed E-state index contributed by atoms with van der Waals surface area (Å²) in [7, 11) is 1.43. The minimum absolute atomic E-state index is 0.255. The molecule has 1 unspecified atom stereocenters. The van der Waals surface area contributed by atoms with Crippen molar-refractivity contribution in [3.05, 3.63) is 46.3 Å². The molecule has 1 aromatic heterocycles. The maximum Gasteiger partial charge on any atom is 0.341 e. The molecular formula is C21H26N2O2S2. The number of anilines is 2. The van der Waals surface area contributed by atoms with E-state index in [1.807, 2.05) is 30.3 Å². The fraction of sp³-hybridized carbons (Fsp3) is 0.429. The molecule has 6 heteroatoms. The second-order valence-corrected chi connectivity index (χ2v) is 9.46. The van der Waals surface area contributed by atoms with E-state index in [0.717, 1.165) is 35.5 Å². The van der Waals surface area contributed by atoms with Crippen LogP contribution in [0.2, 0.25) is 0 Å². The van der Waals surface area contributed by atoms with Crippen LogP contribution in [0.25, 0.3) is 0 Å². The summed E-state index contributed by atoms with van der Waals surface area (Å²) in [5, 5.41) is 7.63. The second-order valence-electron chi connectivity index (χ2n) is 7.95. The molecule has 1 heterocycles. The van der Waals surface area contributed by atoms with E-state index >= 15 is 0 Å². The second kappa shape index (κ2) is 7.98. The number of hydrogen-bond acceptors (Lipinski definition) is 4. The Morgan fingerprint density at radius 3 is 2.56 bits per heavy atom. The van der Waals surface area contributed by atoms with Crippen molar-refractivity contribution in [2.75, 3.05) is 17.7 Å². The lowest BCUT2D eigenvalue weighted by molar-refractivity contribution is 0.0600. The Labute approximate surface area is 170 Å². The molecule has 1 aliphatic rings. The number of para-hydroxylation sites is 1. The van der Waals surface area contributed by atoms with Crippen LogP contribution in [0.1, 0.15) is 48.0 Å². The van der Waals surface area contributed by atoms with Gasteiger partial charge in [-0.2, -0.15) is 0 Å². The third-order valence-electron chi connectivity index (χ3n) is 5.14. The molecule has 1 aliphatic carbocycles. The number of fused-ring (bicyclic) bond motifs is 1. The first-order valence-electron chi connectivity index (χ1n) is 9.15. The van der Waals surface area contributed by atoms with Gasteiger partial charge in [0.25, 0.3) is 0 Å². The average molecular weight is 403 g/mol. The normalized spacial score (nSPS) is 16.4. The number of thiophene rings is 1. The Morgan fingerprint density at radius 1 is 1.22 bits per heavy atom. The highest BCUT2D eigenvalue weighted by atomic mass is 32.1. The van der Waals surface area contributed by atoms with E-state index in [1.165, 1.54) is 12.0 Å². The molecular weight excluding hydrogens is 376 g/mol. The maximum absolute atomic E-state index is 12.5. The van der Waals surface area contributed by atoms with Gasteiger partial charge in [-0.3, -0.25) is 0 Å². The lowest BCUT2D eigenvalue weighted by Crippen LogP contribution is -2.26. The first kappa shape index (κ1) is 19.8. The van der Waals surface area contributed by atoms with Crippen molar-refractivity contribution >= 4 is 45.3 Å². The third kappa shape index (κ3) is 4.50. The van der Waals surface area contributed by atoms with Gasteiger partial charge in [-0.05, 0) is 60.5 Å². The Bertz CT molecular complexity index is 838. The molecule has 2 N–H and O–H groups in total. The van der Waals surface area contributed by atoms with Crippen molar-refractivity contribution in [2.24, 2.45) is 11.3 Å².